The van der Waals surface area contributed by atoms with Crippen molar-refractivity contribution in [2.45, 2.75) is 12.5 Å². The lowest BCUT2D eigenvalue weighted by Gasteiger charge is -2.17. The van der Waals surface area contributed by atoms with Gasteiger partial charge in [0.2, 0.25) is 0 Å². The van der Waals surface area contributed by atoms with Gasteiger partial charge >= 0.3 is 18.5 Å². The number of nitrogens with zero attached hydrogens (tertiary/aromatic N) is 1. The molecule has 0 spiro atoms. The molecule has 0 bridgehead atoms. The Kier molecular flexibility index (Phi) is 4.01. The van der Waals surface area contributed by atoms with E-state index in [0.29, 0.717) is 0 Å². The Morgan fingerprint density at radius 2 is 1.80 bits per heavy atom. The molecule has 5 nitrogen and oxygen atoms in total. The molecule has 0 saturated heterocycles. The molecule has 11 heteroatoms. The number of hydrogen-bond acceptors (Lipinski definition) is 4. The van der Waals surface area contributed by atoms with Crippen molar-refractivity contribution in [3.8, 4) is 11.5 Å². The monoisotopic (exact) mass is 305 g/mol. The number of hydrogen-bond donors (Lipinski definition) is 1. The number of carbonyl (C=O) groups is 1. The molecule has 112 valence electrons. The second-order valence-corrected chi connectivity index (χ2v) is 3.23. The molecule has 0 aromatic carbocycles. The summed E-state index contributed by atoms with van der Waals surface area (Å²) in [5.41, 5.74) is -3.81. The van der Waals surface area contributed by atoms with Gasteiger partial charge in [0.05, 0.1) is 13.3 Å². The lowest BCUT2D eigenvalue weighted by atomic mass is 10.1. The van der Waals surface area contributed by atoms with Crippen molar-refractivity contribution in [2.24, 2.45) is 0 Å². The smallest absolute Gasteiger partial charge is 0.491 e. The Labute approximate surface area is 106 Å². The van der Waals surface area contributed by atoms with Crippen molar-refractivity contribution in [1.82, 2.24) is 4.98 Å². The quantitative estimate of drug-likeness (QED) is 0.870. The first-order valence-corrected chi connectivity index (χ1v) is 4.60. The van der Waals surface area contributed by atoms with E-state index >= 15 is 0 Å². The Morgan fingerprint density at radius 3 is 2.15 bits per heavy atom. The van der Waals surface area contributed by atoms with Crippen LogP contribution in [0.2, 0.25) is 0 Å². The maximum absolute atomic E-state index is 12.6. The summed E-state index contributed by atoms with van der Waals surface area (Å²) in [4.78, 5) is 13.6. The molecule has 0 amide bonds. The molecule has 0 aliphatic heterocycles. The lowest BCUT2D eigenvalue weighted by Crippen LogP contribution is -2.23. The summed E-state index contributed by atoms with van der Waals surface area (Å²) in [6.45, 7) is 0. The molecule has 0 aliphatic carbocycles. The molecular weight excluding hydrogens is 300 g/mol. The van der Waals surface area contributed by atoms with E-state index in [1.165, 1.54) is 0 Å². The molecule has 20 heavy (non-hydrogen) atoms. The number of pyridine rings is 1. The van der Waals surface area contributed by atoms with Gasteiger partial charge in [0.25, 0.3) is 0 Å². The predicted molar refractivity (Wildman–Crippen MR) is 49.4 cm³/mol. The van der Waals surface area contributed by atoms with Crippen molar-refractivity contribution < 1.29 is 45.7 Å². The highest BCUT2D eigenvalue weighted by Gasteiger charge is 2.43. The van der Waals surface area contributed by atoms with E-state index in [2.05, 4.69) is 14.5 Å². The number of carboxylic acids is 1. The van der Waals surface area contributed by atoms with Crippen LogP contribution in [0.1, 0.15) is 16.1 Å². The van der Waals surface area contributed by atoms with Crippen LogP contribution in [0.25, 0.3) is 0 Å². The normalized spacial score (nSPS) is 12.2. The summed E-state index contributed by atoms with van der Waals surface area (Å²) < 4.78 is 81.8. The Balaban J connectivity index is 3.62. The van der Waals surface area contributed by atoms with E-state index in [0.717, 1.165) is 7.11 Å². The van der Waals surface area contributed by atoms with Crippen LogP contribution in [0, 0.1) is 0 Å². The van der Waals surface area contributed by atoms with Crippen molar-refractivity contribution >= 4 is 5.97 Å². The molecule has 1 rings (SSSR count). The highest BCUT2D eigenvalue weighted by Crippen LogP contribution is 2.41. The van der Waals surface area contributed by atoms with Crippen LogP contribution in [0.15, 0.2) is 6.20 Å². The van der Waals surface area contributed by atoms with Crippen LogP contribution in [0.3, 0.4) is 0 Å². The van der Waals surface area contributed by atoms with Crippen LogP contribution in [0.5, 0.6) is 11.5 Å². The Morgan fingerprint density at radius 1 is 1.25 bits per heavy atom. The topological polar surface area (TPSA) is 68.7 Å². The van der Waals surface area contributed by atoms with Gasteiger partial charge in [0.1, 0.15) is 5.56 Å². The standard InChI is InChI=1S/C9H5F6NO4/c1-19-3-2-16-6(8(10,11)12)4(7(17)18)5(3)20-9(13,14)15/h2H,1H3,(H,17,18). The lowest BCUT2D eigenvalue weighted by molar-refractivity contribution is -0.275. The van der Waals surface area contributed by atoms with E-state index in [-0.39, 0.29) is 6.20 Å². The largest absolute Gasteiger partial charge is 0.573 e. The first-order chi connectivity index (χ1) is 8.97. The average Bonchev–Trinajstić information content (AvgIpc) is 2.24. The van der Waals surface area contributed by atoms with E-state index in [4.69, 9.17) is 5.11 Å². The van der Waals surface area contributed by atoms with Crippen molar-refractivity contribution in [3.63, 3.8) is 0 Å². The minimum atomic E-state index is -5.40. The third kappa shape index (κ3) is 3.42. The van der Waals surface area contributed by atoms with Gasteiger partial charge in [-0.3, -0.25) is 0 Å². The fourth-order valence-corrected chi connectivity index (χ4v) is 1.25. The number of rotatable bonds is 3. The number of aromatic carboxylic acids is 1. The fraction of sp³-hybridized carbons (Fsp3) is 0.333. The third-order valence-corrected chi connectivity index (χ3v) is 1.92. The maximum Gasteiger partial charge on any atom is 0.573 e. The van der Waals surface area contributed by atoms with Gasteiger partial charge in [-0.1, -0.05) is 0 Å². The number of aromatic nitrogens is 1. The summed E-state index contributed by atoms with van der Waals surface area (Å²) in [5, 5.41) is 8.68. The van der Waals surface area contributed by atoms with Gasteiger partial charge in [0.15, 0.2) is 17.2 Å². The van der Waals surface area contributed by atoms with E-state index in [9.17, 15) is 31.1 Å². The average molecular weight is 305 g/mol. The molecule has 0 unspecified atom stereocenters. The van der Waals surface area contributed by atoms with E-state index in [1.807, 2.05) is 0 Å². The van der Waals surface area contributed by atoms with Gasteiger partial charge in [0, 0.05) is 0 Å². The van der Waals surface area contributed by atoms with Crippen molar-refractivity contribution in [3.05, 3.63) is 17.5 Å². The highest BCUT2D eigenvalue weighted by atomic mass is 19.4. The van der Waals surface area contributed by atoms with Gasteiger partial charge in [-0.25, -0.2) is 9.78 Å². The van der Waals surface area contributed by atoms with Gasteiger partial charge in [-0.05, 0) is 0 Å². The number of carboxylic acid groups (broad SMARTS) is 1. The molecule has 1 aromatic heterocycles. The zero-order chi connectivity index (χ0) is 15.7. The Hall–Kier alpha value is -2.20. The summed E-state index contributed by atoms with van der Waals surface area (Å²) >= 11 is 0. The summed E-state index contributed by atoms with van der Waals surface area (Å²) in [6.07, 6.45) is -10.4. The second kappa shape index (κ2) is 5.06. The third-order valence-electron chi connectivity index (χ3n) is 1.92. The minimum absolute atomic E-state index is 0.288. The molecular formula is C9H5F6NO4. The zero-order valence-corrected chi connectivity index (χ0v) is 9.46. The SMILES string of the molecule is COc1cnc(C(F)(F)F)c(C(=O)O)c1OC(F)(F)F. The Bertz CT molecular complexity index is 524. The number of halogens is 6. The zero-order valence-electron chi connectivity index (χ0n) is 9.46. The summed E-state index contributed by atoms with van der Waals surface area (Å²) in [7, 11) is 0.819. The molecule has 0 saturated carbocycles. The number of alkyl halides is 6. The maximum atomic E-state index is 12.6. The van der Waals surface area contributed by atoms with Crippen LogP contribution in [-0.4, -0.2) is 29.5 Å². The molecule has 0 radical (unpaired) electrons. The summed E-state index contributed by atoms with van der Waals surface area (Å²) in [6, 6.07) is 0. The van der Waals surface area contributed by atoms with Crippen molar-refractivity contribution in [1.29, 1.82) is 0 Å². The predicted octanol–water partition coefficient (Wildman–Crippen LogP) is 2.71. The first-order valence-electron chi connectivity index (χ1n) is 4.60. The first kappa shape index (κ1) is 15.9. The van der Waals surface area contributed by atoms with Gasteiger partial charge < -0.3 is 14.6 Å². The minimum Gasteiger partial charge on any atom is -0.491 e. The number of ether oxygens (including phenoxy) is 2. The number of methoxy groups -OCH3 is 1. The van der Waals surface area contributed by atoms with Crippen LogP contribution < -0.4 is 9.47 Å². The highest BCUT2D eigenvalue weighted by molar-refractivity contribution is 5.93. The van der Waals surface area contributed by atoms with Gasteiger partial charge in [-0.2, -0.15) is 13.2 Å². The molecule has 0 fully saturated rings. The van der Waals surface area contributed by atoms with Gasteiger partial charge in [-0.15, -0.1) is 13.2 Å². The molecule has 0 atom stereocenters. The fourth-order valence-electron chi connectivity index (χ4n) is 1.25. The molecule has 1 N–H and O–H groups in total. The van der Waals surface area contributed by atoms with E-state index < -0.39 is 41.3 Å². The molecule has 1 heterocycles. The van der Waals surface area contributed by atoms with Crippen LogP contribution >= 0.6 is 0 Å². The van der Waals surface area contributed by atoms with Crippen LogP contribution in [0.4, 0.5) is 26.3 Å². The second-order valence-electron chi connectivity index (χ2n) is 3.23. The van der Waals surface area contributed by atoms with Crippen molar-refractivity contribution in [2.75, 3.05) is 7.11 Å². The summed E-state index contributed by atoms with van der Waals surface area (Å²) in [5.74, 6) is -4.80. The van der Waals surface area contributed by atoms with E-state index in [1.54, 1.807) is 0 Å². The molecule has 1 aromatic rings. The molecule has 0 aliphatic rings. The van der Waals surface area contributed by atoms with Crippen LogP contribution in [-0.2, 0) is 6.18 Å².